The largest absolute Gasteiger partial charge is 0.426 e. The molecule has 4 heteroatoms. The number of benzene rings is 1. The smallest absolute Gasteiger partial charge is 0.308 e. The van der Waals surface area contributed by atoms with E-state index >= 15 is 0 Å². The van der Waals surface area contributed by atoms with E-state index in [-0.39, 0.29) is 5.97 Å². The molecule has 0 aromatic heterocycles. The summed E-state index contributed by atoms with van der Waals surface area (Å²) in [5, 5.41) is 0. The van der Waals surface area contributed by atoms with Gasteiger partial charge in [-0.3, -0.25) is 4.79 Å². The molecule has 1 rings (SSSR count). The van der Waals surface area contributed by atoms with E-state index in [1.54, 1.807) is 11.8 Å². The quantitative estimate of drug-likeness (QED) is 0.324. The van der Waals surface area contributed by atoms with Crippen LogP contribution in [0.1, 0.15) is 20.3 Å². The molecular weight excluding hydrogens is 236 g/mol. The predicted molar refractivity (Wildman–Crippen MR) is 69.6 cm³/mol. The number of rotatable bonds is 7. The van der Waals surface area contributed by atoms with Crippen molar-refractivity contribution in [2.45, 2.75) is 25.2 Å². The molecule has 0 heterocycles. The lowest BCUT2D eigenvalue weighted by atomic mass is 10.3. The first-order valence-corrected chi connectivity index (χ1v) is 6.70. The summed E-state index contributed by atoms with van der Waals surface area (Å²) in [6, 6.07) is 7.58. The number of hydrogen-bond acceptors (Lipinski definition) is 4. The van der Waals surface area contributed by atoms with Gasteiger partial charge in [0, 0.05) is 25.9 Å². The molecule has 0 saturated heterocycles. The van der Waals surface area contributed by atoms with Crippen molar-refractivity contribution in [1.82, 2.24) is 0 Å². The van der Waals surface area contributed by atoms with Crippen LogP contribution in [0.4, 0.5) is 0 Å². The molecule has 1 aromatic carbocycles. The Morgan fingerprint density at radius 1 is 1.35 bits per heavy atom. The van der Waals surface area contributed by atoms with Gasteiger partial charge in [0.25, 0.3) is 0 Å². The minimum atomic E-state index is -0.285. The molecule has 0 aliphatic carbocycles. The summed E-state index contributed by atoms with van der Waals surface area (Å²) in [5.41, 5.74) is 0. The van der Waals surface area contributed by atoms with Crippen molar-refractivity contribution < 1.29 is 14.3 Å². The first-order chi connectivity index (χ1) is 8.24. The highest BCUT2D eigenvalue weighted by Gasteiger charge is 2.05. The van der Waals surface area contributed by atoms with E-state index in [4.69, 9.17) is 9.47 Å². The summed E-state index contributed by atoms with van der Waals surface area (Å²) in [6.45, 7) is 4.94. The van der Waals surface area contributed by atoms with Gasteiger partial charge in [0.2, 0.25) is 0 Å². The first kappa shape index (κ1) is 14.1. The summed E-state index contributed by atoms with van der Waals surface area (Å²) >= 11 is 1.68. The van der Waals surface area contributed by atoms with Gasteiger partial charge < -0.3 is 9.47 Å². The number of ether oxygens (including phenoxy) is 2. The number of carbonyl (C=O) groups is 1. The average molecular weight is 254 g/mol. The van der Waals surface area contributed by atoms with Gasteiger partial charge in [-0.1, -0.05) is 12.1 Å². The number of para-hydroxylation sites is 1. The first-order valence-electron chi connectivity index (χ1n) is 5.72. The number of carbonyl (C=O) groups excluding carboxylic acids is 1. The lowest BCUT2D eigenvalue weighted by molar-refractivity contribution is -0.132. The average Bonchev–Trinajstić information content (AvgIpc) is 2.30. The zero-order valence-corrected chi connectivity index (χ0v) is 11.1. The summed E-state index contributed by atoms with van der Waals surface area (Å²) < 4.78 is 10.4. The fraction of sp³-hybridized carbons (Fsp3) is 0.462. The molecule has 0 aliphatic heterocycles. The third kappa shape index (κ3) is 5.75. The Morgan fingerprint density at radius 3 is 2.82 bits per heavy atom. The topological polar surface area (TPSA) is 35.5 Å². The van der Waals surface area contributed by atoms with E-state index in [1.807, 2.05) is 31.2 Å². The summed E-state index contributed by atoms with van der Waals surface area (Å²) in [7, 11) is 0. The highest BCUT2D eigenvalue weighted by atomic mass is 32.2. The maximum absolute atomic E-state index is 10.9. The molecule has 0 saturated carbocycles. The minimum Gasteiger partial charge on any atom is -0.426 e. The van der Waals surface area contributed by atoms with Crippen LogP contribution in [0, 0.1) is 0 Å². The van der Waals surface area contributed by atoms with E-state index in [2.05, 4.69) is 0 Å². The Bertz CT molecular complexity index is 352. The summed E-state index contributed by atoms with van der Waals surface area (Å²) in [6.07, 6.45) is 0.993. The van der Waals surface area contributed by atoms with Crippen molar-refractivity contribution in [2.75, 3.05) is 19.0 Å². The van der Waals surface area contributed by atoms with Crippen molar-refractivity contribution in [3.05, 3.63) is 24.3 Å². The highest BCUT2D eigenvalue weighted by molar-refractivity contribution is 7.99. The molecular formula is C13H18O3S. The van der Waals surface area contributed by atoms with Gasteiger partial charge in [0.1, 0.15) is 5.75 Å². The molecule has 0 unspecified atom stereocenters. The van der Waals surface area contributed by atoms with Gasteiger partial charge in [-0.15, -0.1) is 11.8 Å². The van der Waals surface area contributed by atoms with Crippen LogP contribution in [0.25, 0.3) is 0 Å². The number of hydrogen-bond donors (Lipinski definition) is 0. The van der Waals surface area contributed by atoms with Gasteiger partial charge in [-0.25, -0.2) is 0 Å². The van der Waals surface area contributed by atoms with Crippen LogP contribution in [0.2, 0.25) is 0 Å². The Kier molecular flexibility index (Phi) is 6.74. The normalized spacial score (nSPS) is 10.2. The Labute approximate surface area is 106 Å². The monoisotopic (exact) mass is 254 g/mol. The van der Waals surface area contributed by atoms with E-state index in [1.165, 1.54) is 6.92 Å². The van der Waals surface area contributed by atoms with Crippen LogP contribution in [0.15, 0.2) is 29.2 Å². The van der Waals surface area contributed by atoms with E-state index < -0.39 is 0 Å². The zero-order chi connectivity index (χ0) is 12.5. The van der Waals surface area contributed by atoms with Gasteiger partial charge in [0.05, 0.1) is 4.90 Å². The van der Waals surface area contributed by atoms with Gasteiger partial charge >= 0.3 is 5.97 Å². The van der Waals surface area contributed by atoms with Crippen LogP contribution in [0.3, 0.4) is 0 Å². The van der Waals surface area contributed by atoms with Crippen LogP contribution >= 0.6 is 11.8 Å². The zero-order valence-electron chi connectivity index (χ0n) is 10.3. The van der Waals surface area contributed by atoms with E-state index in [0.29, 0.717) is 5.75 Å². The second-order valence-corrected chi connectivity index (χ2v) is 4.58. The summed E-state index contributed by atoms with van der Waals surface area (Å²) in [4.78, 5) is 11.9. The number of thioether (sulfide) groups is 1. The molecule has 3 nitrogen and oxygen atoms in total. The van der Waals surface area contributed by atoms with Crippen LogP contribution in [-0.2, 0) is 9.53 Å². The third-order valence-corrected chi connectivity index (χ3v) is 3.14. The van der Waals surface area contributed by atoms with Gasteiger partial charge in [-0.05, 0) is 25.5 Å². The Morgan fingerprint density at radius 2 is 2.12 bits per heavy atom. The second kappa shape index (κ2) is 8.14. The van der Waals surface area contributed by atoms with Crippen molar-refractivity contribution in [2.24, 2.45) is 0 Å². The maximum Gasteiger partial charge on any atom is 0.308 e. The van der Waals surface area contributed by atoms with Gasteiger partial charge in [0.15, 0.2) is 0 Å². The fourth-order valence-corrected chi connectivity index (χ4v) is 2.20. The molecule has 0 amide bonds. The molecule has 0 bridgehead atoms. The third-order valence-electron chi connectivity index (χ3n) is 2.00. The van der Waals surface area contributed by atoms with E-state index in [0.717, 1.165) is 30.3 Å². The molecule has 0 atom stereocenters. The number of esters is 1. The Balaban J connectivity index is 2.43. The lowest BCUT2D eigenvalue weighted by Gasteiger charge is -2.08. The summed E-state index contributed by atoms with van der Waals surface area (Å²) in [5.74, 6) is 1.31. The lowest BCUT2D eigenvalue weighted by Crippen LogP contribution is -2.02. The highest BCUT2D eigenvalue weighted by Crippen LogP contribution is 2.29. The van der Waals surface area contributed by atoms with Crippen molar-refractivity contribution >= 4 is 17.7 Å². The van der Waals surface area contributed by atoms with Crippen molar-refractivity contribution in [3.8, 4) is 5.75 Å². The SMILES string of the molecule is CCOCCCSc1ccccc1OC(C)=O. The molecule has 94 valence electrons. The molecule has 0 N–H and O–H groups in total. The van der Waals surface area contributed by atoms with Gasteiger partial charge in [-0.2, -0.15) is 0 Å². The van der Waals surface area contributed by atoms with E-state index in [9.17, 15) is 4.79 Å². The molecule has 0 radical (unpaired) electrons. The van der Waals surface area contributed by atoms with Crippen LogP contribution < -0.4 is 4.74 Å². The Hall–Kier alpha value is -1.00. The maximum atomic E-state index is 10.9. The van der Waals surface area contributed by atoms with Crippen molar-refractivity contribution in [3.63, 3.8) is 0 Å². The van der Waals surface area contributed by atoms with Crippen LogP contribution in [-0.4, -0.2) is 24.9 Å². The predicted octanol–water partition coefficient (Wildman–Crippen LogP) is 3.13. The second-order valence-electron chi connectivity index (χ2n) is 3.44. The minimum absolute atomic E-state index is 0.285. The molecule has 17 heavy (non-hydrogen) atoms. The van der Waals surface area contributed by atoms with Crippen molar-refractivity contribution in [1.29, 1.82) is 0 Å². The standard InChI is InChI=1S/C13H18O3S/c1-3-15-9-6-10-17-13-8-5-4-7-12(13)16-11(2)14/h4-5,7-8H,3,6,9-10H2,1-2H3. The molecule has 0 fully saturated rings. The fourth-order valence-electron chi connectivity index (χ4n) is 1.30. The van der Waals surface area contributed by atoms with Crippen LogP contribution in [0.5, 0.6) is 5.75 Å². The molecule has 1 aromatic rings. The molecule has 0 spiro atoms. The molecule has 0 aliphatic rings.